The van der Waals surface area contributed by atoms with E-state index in [1.807, 2.05) is 37.4 Å². The third-order valence-electron chi connectivity index (χ3n) is 2.88. The van der Waals surface area contributed by atoms with Gasteiger partial charge in [0.25, 0.3) is 0 Å². The number of benzene rings is 1. The van der Waals surface area contributed by atoms with Crippen LogP contribution in [0.15, 0.2) is 40.4 Å². The van der Waals surface area contributed by atoms with Crippen LogP contribution in [0.25, 0.3) is 0 Å². The molecule has 0 amide bonds. The van der Waals surface area contributed by atoms with Crippen molar-refractivity contribution in [2.24, 2.45) is 4.99 Å². The Morgan fingerprint density at radius 2 is 2.09 bits per heavy atom. The summed E-state index contributed by atoms with van der Waals surface area (Å²) in [7, 11) is 0. The van der Waals surface area contributed by atoms with E-state index in [-0.39, 0.29) is 0 Å². The summed E-state index contributed by atoms with van der Waals surface area (Å²) < 4.78 is 0. The maximum Gasteiger partial charge on any atom is 0.191 e. The zero-order valence-electron chi connectivity index (χ0n) is 13.3. The molecule has 0 saturated carbocycles. The number of hydrogen-bond donors (Lipinski definition) is 2. The summed E-state index contributed by atoms with van der Waals surface area (Å²) in [5, 5.41) is 8.46. The summed E-state index contributed by atoms with van der Waals surface area (Å²) in [4.78, 5) is 11.2. The lowest BCUT2D eigenvalue weighted by Gasteiger charge is -2.10. The molecular formula is C16H21ClN4S2. The standard InChI is InChI=1S/C16H21ClN4S2/c1-3-18-16(21-11-15-10-20-12(2)23-15)19-8-9-22-14-6-4-13(17)5-7-14/h4-7,10H,3,8-9,11H2,1-2H3,(H2,18,19,21). The van der Waals surface area contributed by atoms with Gasteiger partial charge in [-0.15, -0.1) is 23.1 Å². The van der Waals surface area contributed by atoms with Crippen LogP contribution in [0, 0.1) is 6.92 Å². The number of nitrogens with zero attached hydrogens (tertiary/aromatic N) is 2. The van der Waals surface area contributed by atoms with Crippen LogP contribution in [-0.4, -0.2) is 29.8 Å². The zero-order valence-corrected chi connectivity index (χ0v) is 15.7. The molecule has 2 rings (SSSR count). The quantitative estimate of drug-likeness (QED) is 0.336. The van der Waals surface area contributed by atoms with Crippen molar-refractivity contribution in [1.82, 2.24) is 15.6 Å². The molecule has 0 fully saturated rings. The van der Waals surface area contributed by atoms with Crippen molar-refractivity contribution in [2.45, 2.75) is 25.3 Å². The monoisotopic (exact) mass is 368 g/mol. The van der Waals surface area contributed by atoms with E-state index in [1.54, 1.807) is 23.1 Å². The highest BCUT2D eigenvalue weighted by molar-refractivity contribution is 7.99. The van der Waals surface area contributed by atoms with Crippen molar-refractivity contribution in [3.8, 4) is 0 Å². The van der Waals surface area contributed by atoms with Gasteiger partial charge in [-0.2, -0.15) is 0 Å². The second-order valence-electron chi connectivity index (χ2n) is 4.77. The summed E-state index contributed by atoms with van der Waals surface area (Å²) in [6.07, 6.45) is 1.89. The summed E-state index contributed by atoms with van der Waals surface area (Å²) in [6, 6.07) is 7.91. The lowest BCUT2D eigenvalue weighted by atomic mass is 10.4. The molecule has 1 heterocycles. The van der Waals surface area contributed by atoms with E-state index in [2.05, 4.69) is 27.5 Å². The Morgan fingerprint density at radius 1 is 1.30 bits per heavy atom. The van der Waals surface area contributed by atoms with Crippen LogP contribution >= 0.6 is 34.7 Å². The van der Waals surface area contributed by atoms with Gasteiger partial charge < -0.3 is 10.6 Å². The first-order valence-corrected chi connectivity index (χ1v) is 9.67. The van der Waals surface area contributed by atoms with Gasteiger partial charge in [-0.05, 0) is 38.1 Å². The highest BCUT2D eigenvalue weighted by atomic mass is 35.5. The lowest BCUT2D eigenvalue weighted by Crippen LogP contribution is -2.38. The Labute approximate surface area is 150 Å². The van der Waals surface area contributed by atoms with E-state index in [0.717, 1.165) is 34.8 Å². The van der Waals surface area contributed by atoms with Crippen LogP contribution in [0.2, 0.25) is 5.02 Å². The lowest BCUT2D eigenvalue weighted by molar-refractivity contribution is 0.844. The third kappa shape index (κ3) is 6.81. The molecule has 23 heavy (non-hydrogen) atoms. The minimum atomic E-state index is 0.658. The van der Waals surface area contributed by atoms with E-state index in [0.29, 0.717) is 6.54 Å². The smallest absolute Gasteiger partial charge is 0.191 e. The Bertz CT molecular complexity index is 625. The fraction of sp³-hybridized carbons (Fsp3) is 0.375. The highest BCUT2D eigenvalue weighted by Gasteiger charge is 2.00. The largest absolute Gasteiger partial charge is 0.357 e. The molecule has 0 saturated heterocycles. The third-order valence-corrected chi connectivity index (χ3v) is 5.05. The maximum absolute atomic E-state index is 5.89. The minimum Gasteiger partial charge on any atom is -0.357 e. The fourth-order valence-corrected chi connectivity index (χ4v) is 3.46. The molecule has 0 radical (unpaired) electrons. The summed E-state index contributed by atoms with van der Waals surface area (Å²) >= 11 is 9.37. The number of aryl methyl sites for hydroxylation is 1. The van der Waals surface area contributed by atoms with Crippen LogP contribution in [0.3, 0.4) is 0 Å². The van der Waals surface area contributed by atoms with Gasteiger partial charge in [0.15, 0.2) is 5.96 Å². The first kappa shape index (κ1) is 18.1. The molecule has 0 aliphatic carbocycles. The second kappa shape index (κ2) is 9.80. The summed E-state index contributed by atoms with van der Waals surface area (Å²) in [6.45, 7) is 6.43. The van der Waals surface area contributed by atoms with E-state index in [1.165, 1.54) is 9.77 Å². The molecule has 0 unspecified atom stereocenters. The molecule has 0 aliphatic rings. The van der Waals surface area contributed by atoms with Crippen LogP contribution in [0.4, 0.5) is 0 Å². The average molecular weight is 369 g/mol. The fourth-order valence-electron chi connectivity index (χ4n) is 1.85. The number of guanidine groups is 1. The number of aliphatic imine (C=N–C) groups is 1. The van der Waals surface area contributed by atoms with Crippen LogP contribution in [0.5, 0.6) is 0 Å². The number of hydrogen-bond acceptors (Lipinski definition) is 4. The van der Waals surface area contributed by atoms with Gasteiger partial charge in [0, 0.05) is 39.8 Å². The molecule has 124 valence electrons. The average Bonchev–Trinajstić information content (AvgIpc) is 2.96. The minimum absolute atomic E-state index is 0.658. The summed E-state index contributed by atoms with van der Waals surface area (Å²) in [5.74, 6) is 1.81. The number of thioether (sulfide) groups is 1. The van der Waals surface area contributed by atoms with Gasteiger partial charge >= 0.3 is 0 Å². The van der Waals surface area contributed by atoms with Crippen molar-refractivity contribution >= 4 is 40.7 Å². The molecule has 0 bridgehead atoms. The van der Waals surface area contributed by atoms with Gasteiger partial charge in [0.1, 0.15) is 0 Å². The van der Waals surface area contributed by atoms with Gasteiger partial charge in [-0.1, -0.05) is 11.6 Å². The van der Waals surface area contributed by atoms with Crippen molar-refractivity contribution in [1.29, 1.82) is 0 Å². The predicted molar refractivity (Wildman–Crippen MR) is 102 cm³/mol. The van der Waals surface area contributed by atoms with E-state index in [9.17, 15) is 0 Å². The molecule has 0 atom stereocenters. The highest BCUT2D eigenvalue weighted by Crippen LogP contribution is 2.19. The van der Waals surface area contributed by atoms with Crippen LogP contribution < -0.4 is 10.6 Å². The SMILES string of the molecule is CCNC(=NCc1cnc(C)s1)NCCSc1ccc(Cl)cc1. The first-order chi connectivity index (χ1) is 11.2. The van der Waals surface area contributed by atoms with Crippen LogP contribution in [-0.2, 0) is 6.54 Å². The van der Waals surface area contributed by atoms with E-state index >= 15 is 0 Å². The van der Waals surface area contributed by atoms with Gasteiger partial charge in [-0.3, -0.25) is 0 Å². The molecule has 4 nitrogen and oxygen atoms in total. The molecule has 1 aromatic carbocycles. The summed E-state index contributed by atoms with van der Waals surface area (Å²) in [5.41, 5.74) is 0. The number of aromatic nitrogens is 1. The van der Waals surface area contributed by atoms with Gasteiger partial charge in [0.2, 0.25) is 0 Å². The van der Waals surface area contributed by atoms with Crippen molar-refractivity contribution in [2.75, 3.05) is 18.8 Å². The molecule has 7 heteroatoms. The zero-order chi connectivity index (χ0) is 16.5. The molecule has 2 N–H and O–H groups in total. The molecule has 2 aromatic rings. The van der Waals surface area contributed by atoms with E-state index in [4.69, 9.17) is 11.6 Å². The Balaban J connectivity index is 1.76. The number of halogens is 1. The molecule has 0 spiro atoms. The van der Waals surface area contributed by atoms with Gasteiger partial charge in [0.05, 0.1) is 11.6 Å². The molecular weight excluding hydrogens is 348 g/mol. The van der Waals surface area contributed by atoms with Crippen LogP contribution in [0.1, 0.15) is 16.8 Å². The van der Waals surface area contributed by atoms with Gasteiger partial charge in [-0.25, -0.2) is 9.98 Å². The maximum atomic E-state index is 5.89. The normalized spacial score (nSPS) is 11.5. The van der Waals surface area contributed by atoms with Crippen molar-refractivity contribution in [3.05, 3.63) is 45.4 Å². The van der Waals surface area contributed by atoms with Crippen molar-refractivity contribution < 1.29 is 0 Å². The first-order valence-electron chi connectivity index (χ1n) is 7.49. The Morgan fingerprint density at radius 3 is 2.74 bits per heavy atom. The topological polar surface area (TPSA) is 49.3 Å². The van der Waals surface area contributed by atoms with Crippen molar-refractivity contribution in [3.63, 3.8) is 0 Å². The van der Waals surface area contributed by atoms with E-state index < -0.39 is 0 Å². The number of rotatable bonds is 7. The number of nitrogens with one attached hydrogen (secondary N) is 2. The second-order valence-corrected chi connectivity index (χ2v) is 7.69. The predicted octanol–water partition coefficient (Wildman–Crippen LogP) is 3.95. The number of thiazole rings is 1. The molecule has 1 aromatic heterocycles. The molecule has 0 aliphatic heterocycles. The Kier molecular flexibility index (Phi) is 7.71. The Hall–Kier alpha value is -1.24.